The second-order valence-electron chi connectivity index (χ2n) is 6.92. The molecule has 3 heterocycles. The first-order valence-corrected chi connectivity index (χ1v) is 9.87. The topological polar surface area (TPSA) is 81.2 Å². The van der Waals surface area contributed by atoms with Crippen molar-refractivity contribution in [1.29, 1.82) is 0 Å². The van der Waals surface area contributed by atoms with E-state index < -0.39 is 5.41 Å². The molecule has 1 aliphatic carbocycles. The lowest BCUT2D eigenvalue weighted by molar-refractivity contribution is -0.118. The number of rotatable bonds is 5. The molecule has 1 saturated carbocycles. The molecule has 0 spiro atoms. The summed E-state index contributed by atoms with van der Waals surface area (Å²) in [7, 11) is 0. The first-order valence-electron chi connectivity index (χ1n) is 8.99. The zero-order chi connectivity index (χ0) is 19.1. The highest BCUT2D eigenvalue weighted by Crippen LogP contribution is 2.49. The Hall–Kier alpha value is -3.19. The number of carbonyl (C=O) groups is 1. The Bertz CT molecular complexity index is 1140. The van der Waals surface area contributed by atoms with Crippen LogP contribution in [0, 0.1) is 6.92 Å². The Morgan fingerprint density at radius 1 is 1.18 bits per heavy atom. The van der Waals surface area contributed by atoms with Crippen LogP contribution in [0.25, 0.3) is 22.8 Å². The van der Waals surface area contributed by atoms with Crippen LogP contribution in [0.15, 0.2) is 63.0 Å². The minimum atomic E-state index is -0.637. The fourth-order valence-corrected chi connectivity index (χ4v) is 3.89. The van der Waals surface area contributed by atoms with E-state index in [-0.39, 0.29) is 5.91 Å². The van der Waals surface area contributed by atoms with E-state index in [0.717, 1.165) is 34.8 Å². The van der Waals surface area contributed by atoms with Gasteiger partial charge in [0.15, 0.2) is 5.76 Å². The van der Waals surface area contributed by atoms with Crippen LogP contribution in [0.3, 0.4) is 0 Å². The Labute approximate surface area is 165 Å². The molecule has 0 unspecified atom stereocenters. The van der Waals surface area contributed by atoms with Crippen LogP contribution in [0.5, 0.6) is 0 Å². The van der Waals surface area contributed by atoms with E-state index in [1.165, 1.54) is 0 Å². The third-order valence-electron chi connectivity index (χ3n) is 4.98. The second kappa shape index (κ2) is 6.45. The largest absolute Gasteiger partial charge is 0.461 e. The van der Waals surface area contributed by atoms with Crippen molar-refractivity contribution >= 4 is 22.9 Å². The summed E-state index contributed by atoms with van der Waals surface area (Å²) in [5, 5.41) is 10.2. The molecule has 4 aromatic rings. The van der Waals surface area contributed by atoms with Gasteiger partial charge in [-0.15, -0.1) is 11.3 Å². The summed E-state index contributed by atoms with van der Waals surface area (Å²) < 4.78 is 10.7. The average Bonchev–Trinajstić information content (AvgIpc) is 3.12. The molecule has 1 fully saturated rings. The Morgan fingerprint density at radius 2 is 2.07 bits per heavy atom. The van der Waals surface area contributed by atoms with Crippen molar-refractivity contribution < 1.29 is 13.7 Å². The SMILES string of the molecule is Cc1nc(-c2cccc(NC(=O)C3(c4cc(-c5ccco5)on4)CC3)c2)cs1. The van der Waals surface area contributed by atoms with Gasteiger partial charge in [0, 0.05) is 22.7 Å². The molecule has 7 heteroatoms. The van der Waals surface area contributed by atoms with Crippen LogP contribution in [-0.4, -0.2) is 16.0 Å². The maximum atomic E-state index is 13.0. The molecule has 0 saturated heterocycles. The van der Waals surface area contributed by atoms with Crippen molar-refractivity contribution in [2.24, 2.45) is 0 Å². The van der Waals surface area contributed by atoms with Gasteiger partial charge in [0.05, 0.1) is 28.1 Å². The number of aromatic nitrogens is 2. The molecule has 0 radical (unpaired) electrons. The van der Waals surface area contributed by atoms with Gasteiger partial charge in [-0.25, -0.2) is 4.98 Å². The Kier molecular flexibility index (Phi) is 3.91. The number of nitrogens with one attached hydrogen (secondary N) is 1. The number of furan rings is 1. The number of aryl methyl sites for hydroxylation is 1. The molecule has 1 aliphatic rings. The molecule has 28 heavy (non-hydrogen) atoms. The highest BCUT2D eigenvalue weighted by atomic mass is 32.1. The van der Waals surface area contributed by atoms with E-state index in [1.807, 2.05) is 36.6 Å². The molecule has 3 aromatic heterocycles. The van der Waals surface area contributed by atoms with Crippen LogP contribution < -0.4 is 5.32 Å². The Morgan fingerprint density at radius 3 is 2.79 bits per heavy atom. The van der Waals surface area contributed by atoms with Gasteiger partial charge in [0.25, 0.3) is 0 Å². The number of carbonyl (C=O) groups excluding carboxylic acids is 1. The van der Waals surface area contributed by atoms with E-state index in [2.05, 4.69) is 15.5 Å². The van der Waals surface area contributed by atoms with Crippen LogP contribution in [-0.2, 0) is 10.2 Å². The summed E-state index contributed by atoms with van der Waals surface area (Å²) in [5.41, 5.74) is 2.64. The van der Waals surface area contributed by atoms with Gasteiger partial charge in [-0.3, -0.25) is 4.79 Å². The number of hydrogen-bond donors (Lipinski definition) is 1. The van der Waals surface area contributed by atoms with E-state index in [4.69, 9.17) is 8.94 Å². The normalized spacial score (nSPS) is 14.8. The van der Waals surface area contributed by atoms with Gasteiger partial charge in [0.2, 0.25) is 11.7 Å². The molecule has 0 aliphatic heterocycles. The zero-order valence-electron chi connectivity index (χ0n) is 15.1. The van der Waals surface area contributed by atoms with Gasteiger partial charge >= 0.3 is 0 Å². The first-order chi connectivity index (χ1) is 13.6. The predicted molar refractivity (Wildman–Crippen MR) is 106 cm³/mol. The lowest BCUT2D eigenvalue weighted by Gasteiger charge is -2.13. The first kappa shape index (κ1) is 16.9. The fraction of sp³-hybridized carbons (Fsp3) is 0.190. The quantitative estimate of drug-likeness (QED) is 0.516. The van der Waals surface area contributed by atoms with Gasteiger partial charge in [-0.05, 0) is 44.0 Å². The minimum Gasteiger partial charge on any atom is -0.461 e. The summed E-state index contributed by atoms with van der Waals surface area (Å²) in [4.78, 5) is 17.5. The molecule has 140 valence electrons. The summed E-state index contributed by atoms with van der Waals surface area (Å²) in [6.07, 6.45) is 3.07. The van der Waals surface area contributed by atoms with Crippen molar-refractivity contribution in [3.8, 4) is 22.8 Å². The lowest BCUT2D eigenvalue weighted by Crippen LogP contribution is -2.28. The summed E-state index contributed by atoms with van der Waals surface area (Å²) >= 11 is 1.61. The van der Waals surface area contributed by atoms with Crippen molar-refractivity contribution in [3.63, 3.8) is 0 Å². The number of amides is 1. The van der Waals surface area contributed by atoms with Gasteiger partial charge in [-0.1, -0.05) is 17.3 Å². The molecular weight excluding hydrogens is 374 g/mol. The molecule has 1 N–H and O–H groups in total. The highest BCUT2D eigenvalue weighted by molar-refractivity contribution is 7.09. The zero-order valence-corrected chi connectivity index (χ0v) is 16.0. The lowest BCUT2D eigenvalue weighted by atomic mass is 10.0. The second-order valence-corrected chi connectivity index (χ2v) is 7.98. The Balaban J connectivity index is 1.37. The third-order valence-corrected chi connectivity index (χ3v) is 5.76. The third kappa shape index (κ3) is 2.93. The van der Waals surface area contributed by atoms with E-state index in [0.29, 0.717) is 17.2 Å². The molecule has 1 aromatic carbocycles. The molecule has 0 bridgehead atoms. The predicted octanol–water partition coefficient (Wildman–Crippen LogP) is 5.04. The van der Waals surface area contributed by atoms with Crippen LogP contribution in [0.4, 0.5) is 5.69 Å². The summed E-state index contributed by atoms with van der Waals surface area (Å²) in [6.45, 7) is 1.98. The molecule has 1 amide bonds. The maximum Gasteiger partial charge on any atom is 0.236 e. The van der Waals surface area contributed by atoms with Crippen molar-refractivity contribution in [2.75, 3.05) is 5.32 Å². The van der Waals surface area contributed by atoms with Gasteiger partial charge in [0.1, 0.15) is 0 Å². The number of nitrogens with zero attached hydrogens (tertiary/aromatic N) is 2. The maximum absolute atomic E-state index is 13.0. The molecule has 5 rings (SSSR count). The summed E-state index contributed by atoms with van der Waals surface area (Å²) in [5.74, 6) is 1.06. The molecule has 6 nitrogen and oxygen atoms in total. The number of thiazole rings is 1. The molecular formula is C21H17N3O3S. The summed E-state index contributed by atoms with van der Waals surface area (Å²) in [6, 6.07) is 13.1. The highest BCUT2D eigenvalue weighted by Gasteiger charge is 2.54. The van der Waals surface area contributed by atoms with Crippen molar-refractivity contribution in [3.05, 3.63) is 64.8 Å². The van der Waals surface area contributed by atoms with Crippen molar-refractivity contribution in [2.45, 2.75) is 25.2 Å². The standard InChI is InChI=1S/C21H17N3O3S/c1-13-22-16(12-28-13)14-4-2-5-15(10-14)23-20(25)21(7-8-21)19-11-18(27-24-19)17-6-3-9-26-17/h2-6,9-12H,7-8H2,1H3,(H,23,25). The number of hydrogen-bond acceptors (Lipinski definition) is 6. The van der Waals surface area contributed by atoms with Gasteiger partial charge in [-0.2, -0.15) is 0 Å². The number of benzene rings is 1. The van der Waals surface area contributed by atoms with Crippen LogP contribution in [0.1, 0.15) is 23.5 Å². The fourth-order valence-electron chi connectivity index (χ4n) is 3.26. The average molecular weight is 391 g/mol. The monoisotopic (exact) mass is 391 g/mol. The smallest absolute Gasteiger partial charge is 0.236 e. The van der Waals surface area contributed by atoms with E-state index >= 15 is 0 Å². The minimum absolute atomic E-state index is 0.0709. The van der Waals surface area contributed by atoms with E-state index in [1.54, 1.807) is 35.8 Å². The van der Waals surface area contributed by atoms with Crippen LogP contribution >= 0.6 is 11.3 Å². The van der Waals surface area contributed by atoms with Gasteiger partial charge < -0.3 is 14.3 Å². The molecule has 0 atom stereocenters. The van der Waals surface area contributed by atoms with Crippen molar-refractivity contribution in [1.82, 2.24) is 10.1 Å². The van der Waals surface area contributed by atoms with E-state index in [9.17, 15) is 4.79 Å². The number of anilines is 1. The van der Waals surface area contributed by atoms with Crippen LogP contribution in [0.2, 0.25) is 0 Å².